The van der Waals surface area contributed by atoms with Gasteiger partial charge >= 0.3 is 5.97 Å². The van der Waals surface area contributed by atoms with Crippen molar-refractivity contribution in [3.05, 3.63) is 29.5 Å². The van der Waals surface area contributed by atoms with E-state index in [4.69, 9.17) is 10.2 Å². The Morgan fingerprint density at radius 3 is 2.53 bits per heavy atom. The molecule has 0 bridgehead atoms. The summed E-state index contributed by atoms with van der Waals surface area (Å²) in [6, 6.07) is 3.87. The van der Waals surface area contributed by atoms with Crippen molar-refractivity contribution in [1.82, 2.24) is 0 Å². The number of aliphatic hydroxyl groups excluding tert-OH is 1. The molecule has 5 heteroatoms. The Kier molecular flexibility index (Phi) is 3.17. The number of hydrogen-bond acceptors (Lipinski definition) is 5. The number of benzene rings is 1. The second-order valence-electron chi connectivity index (χ2n) is 2.77. The summed E-state index contributed by atoms with van der Waals surface area (Å²) in [5, 5.41) is 27.3. The lowest BCUT2D eigenvalue weighted by Crippen LogP contribution is -2.03. The number of phenolic OH excluding ortho intramolecular Hbond substituents is 2. The van der Waals surface area contributed by atoms with Gasteiger partial charge in [-0.25, -0.2) is 4.79 Å². The van der Waals surface area contributed by atoms with Crippen LogP contribution in [-0.4, -0.2) is 28.4 Å². The van der Waals surface area contributed by atoms with E-state index in [1.807, 2.05) is 0 Å². The predicted octanol–water partition coefficient (Wildman–Crippen LogP) is 1.17. The van der Waals surface area contributed by atoms with Crippen molar-refractivity contribution in [1.29, 1.82) is 0 Å². The molecule has 0 saturated heterocycles. The van der Waals surface area contributed by atoms with E-state index in [9.17, 15) is 9.90 Å². The van der Waals surface area contributed by atoms with Gasteiger partial charge in [-0.1, -0.05) is 6.07 Å². The summed E-state index contributed by atoms with van der Waals surface area (Å²) in [5.41, 5.74) is 0.369. The average Bonchev–Trinajstić information content (AvgIpc) is 2.22. The van der Waals surface area contributed by atoms with Gasteiger partial charge in [0.1, 0.15) is 0 Å². The Bertz CT molecular complexity index is 408. The van der Waals surface area contributed by atoms with E-state index >= 15 is 0 Å². The van der Waals surface area contributed by atoms with E-state index in [-0.39, 0.29) is 11.5 Å². The second-order valence-corrected chi connectivity index (χ2v) is 2.77. The van der Waals surface area contributed by atoms with Gasteiger partial charge in [-0.15, -0.1) is 0 Å². The Hall–Kier alpha value is -2.17. The van der Waals surface area contributed by atoms with Crippen molar-refractivity contribution in [2.45, 2.75) is 0 Å². The van der Waals surface area contributed by atoms with Crippen molar-refractivity contribution in [2.24, 2.45) is 0 Å². The fourth-order valence-electron chi connectivity index (χ4n) is 0.952. The molecule has 0 aliphatic heterocycles. The van der Waals surface area contributed by atoms with Gasteiger partial charge in [0.2, 0.25) is 5.76 Å². The molecule has 1 rings (SSSR count). The first-order valence-corrected chi connectivity index (χ1v) is 4.05. The molecule has 0 atom stereocenters. The molecule has 0 aliphatic rings. The summed E-state index contributed by atoms with van der Waals surface area (Å²) in [6.45, 7) is 0. The number of methoxy groups -OCH3 is 1. The third-order valence-electron chi connectivity index (χ3n) is 1.70. The SMILES string of the molecule is COC(=O)/C(O)=C/c1ccc(O)c(O)c1. The number of esters is 1. The minimum absolute atomic E-state index is 0.273. The standard InChI is InChI=1S/C10H10O5/c1-15-10(14)9(13)5-6-2-3-7(11)8(12)4-6/h2-5,11-13H,1H3/b9-5-. The molecule has 0 heterocycles. The van der Waals surface area contributed by atoms with E-state index in [0.717, 1.165) is 13.2 Å². The average molecular weight is 210 g/mol. The third kappa shape index (κ3) is 2.63. The highest BCUT2D eigenvalue weighted by molar-refractivity contribution is 5.90. The lowest BCUT2D eigenvalue weighted by molar-refractivity contribution is -0.138. The molecular formula is C10H10O5. The van der Waals surface area contributed by atoms with Crippen LogP contribution in [0.5, 0.6) is 11.5 Å². The van der Waals surface area contributed by atoms with Crippen LogP contribution in [0.15, 0.2) is 24.0 Å². The third-order valence-corrected chi connectivity index (χ3v) is 1.70. The topological polar surface area (TPSA) is 87.0 Å². The summed E-state index contributed by atoms with van der Waals surface area (Å²) >= 11 is 0. The minimum Gasteiger partial charge on any atom is -0.504 e. The summed E-state index contributed by atoms with van der Waals surface area (Å²) < 4.78 is 4.27. The Balaban J connectivity index is 2.98. The molecule has 0 aliphatic carbocycles. The quantitative estimate of drug-likeness (QED) is 0.295. The summed E-state index contributed by atoms with van der Waals surface area (Å²) in [4.78, 5) is 10.8. The Morgan fingerprint density at radius 1 is 1.33 bits per heavy atom. The lowest BCUT2D eigenvalue weighted by atomic mass is 10.2. The maximum atomic E-state index is 10.8. The summed E-state index contributed by atoms with van der Waals surface area (Å²) in [7, 11) is 1.14. The molecular weight excluding hydrogens is 200 g/mol. The number of carbonyl (C=O) groups is 1. The molecule has 0 spiro atoms. The summed E-state index contributed by atoms with van der Waals surface area (Å²) in [5.74, 6) is -2.06. The molecule has 0 aromatic heterocycles. The van der Waals surface area contributed by atoms with Crippen LogP contribution < -0.4 is 0 Å². The van der Waals surface area contributed by atoms with E-state index in [1.165, 1.54) is 18.2 Å². The zero-order chi connectivity index (χ0) is 11.4. The highest BCUT2D eigenvalue weighted by atomic mass is 16.5. The van der Waals surface area contributed by atoms with Crippen LogP contribution in [0.4, 0.5) is 0 Å². The second kappa shape index (κ2) is 4.36. The van der Waals surface area contributed by atoms with E-state index < -0.39 is 11.7 Å². The van der Waals surface area contributed by atoms with Crippen LogP contribution in [0.3, 0.4) is 0 Å². The Morgan fingerprint density at radius 2 is 2.00 bits per heavy atom. The number of carbonyl (C=O) groups excluding carboxylic acids is 1. The molecule has 5 nitrogen and oxygen atoms in total. The first-order chi connectivity index (χ1) is 7.04. The van der Waals surface area contributed by atoms with Crippen LogP contribution in [0.25, 0.3) is 6.08 Å². The van der Waals surface area contributed by atoms with Crippen LogP contribution in [0.2, 0.25) is 0 Å². The maximum absolute atomic E-state index is 10.8. The van der Waals surface area contributed by atoms with Crippen LogP contribution >= 0.6 is 0 Å². The van der Waals surface area contributed by atoms with Crippen molar-refractivity contribution < 1.29 is 24.9 Å². The number of rotatable bonds is 2. The number of phenols is 2. The van der Waals surface area contributed by atoms with Crippen molar-refractivity contribution in [3.8, 4) is 11.5 Å². The molecule has 1 aromatic rings. The molecule has 3 N–H and O–H groups in total. The first kappa shape index (κ1) is 10.9. The van der Waals surface area contributed by atoms with Crippen LogP contribution in [-0.2, 0) is 9.53 Å². The maximum Gasteiger partial charge on any atom is 0.373 e. The highest BCUT2D eigenvalue weighted by Gasteiger charge is 2.07. The monoisotopic (exact) mass is 210 g/mol. The molecule has 0 unspecified atom stereocenters. The largest absolute Gasteiger partial charge is 0.504 e. The fourth-order valence-corrected chi connectivity index (χ4v) is 0.952. The van der Waals surface area contributed by atoms with Crippen molar-refractivity contribution >= 4 is 12.0 Å². The number of ether oxygens (including phenoxy) is 1. The van der Waals surface area contributed by atoms with Gasteiger partial charge in [0.15, 0.2) is 11.5 Å². The van der Waals surface area contributed by atoms with Gasteiger partial charge in [0, 0.05) is 0 Å². The predicted molar refractivity (Wildman–Crippen MR) is 52.4 cm³/mol. The van der Waals surface area contributed by atoms with Gasteiger partial charge in [0.25, 0.3) is 0 Å². The lowest BCUT2D eigenvalue weighted by Gasteiger charge is -2.00. The highest BCUT2D eigenvalue weighted by Crippen LogP contribution is 2.25. The normalized spacial score (nSPS) is 11.1. The van der Waals surface area contributed by atoms with Crippen molar-refractivity contribution in [3.63, 3.8) is 0 Å². The fraction of sp³-hybridized carbons (Fsp3) is 0.100. The smallest absolute Gasteiger partial charge is 0.373 e. The van der Waals surface area contributed by atoms with Gasteiger partial charge in [0.05, 0.1) is 7.11 Å². The molecule has 80 valence electrons. The van der Waals surface area contributed by atoms with E-state index in [2.05, 4.69) is 4.74 Å². The van der Waals surface area contributed by atoms with Gasteiger partial charge in [-0.2, -0.15) is 0 Å². The first-order valence-electron chi connectivity index (χ1n) is 4.05. The minimum atomic E-state index is -0.873. The summed E-state index contributed by atoms with van der Waals surface area (Å²) in [6.07, 6.45) is 1.12. The van der Waals surface area contributed by atoms with Gasteiger partial charge in [-0.05, 0) is 23.8 Å². The molecule has 0 amide bonds. The molecule has 1 aromatic carbocycles. The van der Waals surface area contributed by atoms with Gasteiger partial charge in [-0.3, -0.25) is 0 Å². The molecule has 15 heavy (non-hydrogen) atoms. The molecule has 0 saturated carbocycles. The Labute approximate surface area is 85.9 Å². The van der Waals surface area contributed by atoms with Crippen LogP contribution in [0, 0.1) is 0 Å². The zero-order valence-electron chi connectivity index (χ0n) is 7.97. The number of aromatic hydroxyl groups is 2. The van der Waals surface area contributed by atoms with Crippen LogP contribution in [0.1, 0.15) is 5.56 Å². The number of hydrogen-bond donors (Lipinski definition) is 3. The number of aliphatic hydroxyl groups is 1. The van der Waals surface area contributed by atoms with Gasteiger partial charge < -0.3 is 20.1 Å². The van der Waals surface area contributed by atoms with Crippen molar-refractivity contribution in [2.75, 3.05) is 7.11 Å². The van der Waals surface area contributed by atoms with E-state index in [1.54, 1.807) is 0 Å². The van der Waals surface area contributed by atoms with E-state index in [0.29, 0.717) is 5.56 Å². The zero-order valence-corrected chi connectivity index (χ0v) is 7.97. The molecule has 0 radical (unpaired) electrons. The molecule has 0 fully saturated rings.